The summed E-state index contributed by atoms with van der Waals surface area (Å²) in [5.74, 6) is -0.113. The van der Waals surface area contributed by atoms with Crippen molar-refractivity contribution in [2.75, 3.05) is 13.6 Å². The van der Waals surface area contributed by atoms with Crippen molar-refractivity contribution >= 4 is 5.91 Å². The first kappa shape index (κ1) is 9.92. The molecule has 1 atom stereocenters. The molecule has 4 nitrogen and oxygen atoms in total. The standard InChI is InChI=1S/C7H13N3O/c1-3-10-6(5-8)4-7(11)9-2/h6,10H,3-4H2,1-2H3,(H,9,11). The van der Waals surface area contributed by atoms with Crippen LogP contribution in [-0.2, 0) is 4.79 Å². The van der Waals surface area contributed by atoms with Gasteiger partial charge in [-0.2, -0.15) is 5.26 Å². The Morgan fingerprint density at radius 2 is 2.36 bits per heavy atom. The van der Waals surface area contributed by atoms with E-state index < -0.39 is 0 Å². The number of carbonyl (C=O) groups is 1. The third-order valence-electron chi connectivity index (χ3n) is 1.27. The number of nitrogens with one attached hydrogen (secondary N) is 2. The predicted octanol–water partition coefficient (Wildman–Crippen LogP) is -0.376. The van der Waals surface area contributed by atoms with Gasteiger partial charge in [-0.25, -0.2) is 0 Å². The molecule has 0 radical (unpaired) electrons. The highest BCUT2D eigenvalue weighted by molar-refractivity contribution is 5.76. The predicted molar refractivity (Wildman–Crippen MR) is 41.8 cm³/mol. The molecule has 0 aliphatic carbocycles. The van der Waals surface area contributed by atoms with Crippen LogP contribution in [0, 0.1) is 11.3 Å². The summed E-state index contributed by atoms with van der Waals surface area (Å²) in [5.41, 5.74) is 0. The second-order valence-corrected chi connectivity index (χ2v) is 2.12. The number of nitriles is 1. The molecular formula is C7H13N3O. The summed E-state index contributed by atoms with van der Waals surface area (Å²) in [6.07, 6.45) is 0.223. The van der Waals surface area contributed by atoms with E-state index in [1.165, 1.54) is 0 Å². The first-order chi connectivity index (χ1) is 5.24. The summed E-state index contributed by atoms with van der Waals surface area (Å²) in [5, 5.41) is 13.8. The summed E-state index contributed by atoms with van der Waals surface area (Å²) < 4.78 is 0. The first-order valence-corrected chi connectivity index (χ1v) is 3.58. The van der Waals surface area contributed by atoms with Crippen LogP contribution in [0.2, 0.25) is 0 Å². The van der Waals surface area contributed by atoms with Crippen LogP contribution in [0.1, 0.15) is 13.3 Å². The lowest BCUT2D eigenvalue weighted by Gasteiger charge is -2.07. The summed E-state index contributed by atoms with van der Waals surface area (Å²) in [4.78, 5) is 10.8. The van der Waals surface area contributed by atoms with Crippen molar-refractivity contribution in [3.05, 3.63) is 0 Å². The van der Waals surface area contributed by atoms with E-state index >= 15 is 0 Å². The van der Waals surface area contributed by atoms with Crippen LogP contribution < -0.4 is 10.6 Å². The fourth-order valence-electron chi connectivity index (χ4n) is 0.697. The Morgan fingerprint density at radius 3 is 2.73 bits per heavy atom. The molecule has 2 N–H and O–H groups in total. The first-order valence-electron chi connectivity index (χ1n) is 3.58. The van der Waals surface area contributed by atoms with Gasteiger partial charge in [0.25, 0.3) is 0 Å². The van der Waals surface area contributed by atoms with Gasteiger partial charge in [0.05, 0.1) is 12.5 Å². The highest BCUT2D eigenvalue weighted by Gasteiger charge is 2.09. The number of hydrogen-bond acceptors (Lipinski definition) is 3. The Morgan fingerprint density at radius 1 is 1.73 bits per heavy atom. The Labute approximate surface area is 66.6 Å². The molecule has 1 amide bonds. The van der Waals surface area contributed by atoms with E-state index in [0.29, 0.717) is 6.54 Å². The second-order valence-electron chi connectivity index (χ2n) is 2.12. The molecule has 62 valence electrons. The van der Waals surface area contributed by atoms with Crippen LogP contribution in [-0.4, -0.2) is 25.5 Å². The Hall–Kier alpha value is -1.08. The molecule has 0 aromatic carbocycles. The molecule has 0 saturated carbocycles. The van der Waals surface area contributed by atoms with Crippen molar-refractivity contribution in [3.63, 3.8) is 0 Å². The van der Waals surface area contributed by atoms with E-state index in [2.05, 4.69) is 10.6 Å². The van der Waals surface area contributed by atoms with Gasteiger partial charge in [-0.1, -0.05) is 6.92 Å². The van der Waals surface area contributed by atoms with E-state index in [1.54, 1.807) is 7.05 Å². The van der Waals surface area contributed by atoms with Crippen LogP contribution in [0.5, 0.6) is 0 Å². The SMILES string of the molecule is CCNC(C#N)CC(=O)NC. The normalized spacial score (nSPS) is 11.7. The van der Waals surface area contributed by atoms with Gasteiger partial charge in [-0.05, 0) is 6.54 Å². The lowest BCUT2D eigenvalue weighted by Crippen LogP contribution is -2.33. The van der Waals surface area contributed by atoms with Crippen LogP contribution in [0.3, 0.4) is 0 Å². The van der Waals surface area contributed by atoms with E-state index in [1.807, 2.05) is 13.0 Å². The molecule has 0 aromatic rings. The van der Waals surface area contributed by atoms with Crippen molar-refractivity contribution in [1.82, 2.24) is 10.6 Å². The highest BCUT2D eigenvalue weighted by atomic mass is 16.1. The molecule has 0 spiro atoms. The van der Waals surface area contributed by atoms with Gasteiger partial charge in [0.2, 0.25) is 5.91 Å². The summed E-state index contributed by atoms with van der Waals surface area (Å²) >= 11 is 0. The van der Waals surface area contributed by atoms with Crippen molar-refractivity contribution in [2.45, 2.75) is 19.4 Å². The second kappa shape index (κ2) is 5.69. The lowest BCUT2D eigenvalue weighted by atomic mass is 10.2. The van der Waals surface area contributed by atoms with Gasteiger partial charge < -0.3 is 10.6 Å². The number of amides is 1. The monoisotopic (exact) mass is 155 g/mol. The molecule has 0 aliphatic rings. The van der Waals surface area contributed by atoms with Crippen LogP contribution in [0.4, 0.5) is 0 Å². The fraction of sp³-hybridized carbons (Fsp3) is 0.714. The molecule has 0 fully saturated rings. The molecule has 11 heavy (non-hydrogen) atoms. The van der Waals surface area contributed by atoms with Crippen LogP contribution >= 0.6 is 0 Å². The van der Waals surface area contributed by atoms with E-state index in [9.17, 15) is 4.79 Å². The Bertz CT molecular complexity index is 162. The molecular weight excluding hydrogens is 142 g/mol. The molecule has 4 heteroatoms. The average Bonchev–Trinajstić information content (AvgIpc) is 2.03. The van der Waals surface area contributed by atoms with E-state index in [4.69, 9.17) is 5.26 Å². The zero-order valence-corrected chi connectivity index (χ0v) is 6.85. The minimum atomic E-state index is -0.361. The number of rotatable bonds is 4. The summed E-state index contributed by atoms with van der Waals surface area (Å²) in [7, 11) is 1.56. The minimum Gasteiger partial charge on any atom is -0.359 e. The molecule has 0 saturated heterocycles. The van der Waals surface area contributed by atoms with Crippen molar-refractivity contribution < 1.29 is 4.79 Å². The quantitative estimate of drug-likeness (QED) is 0.582. The average molecular weight is 155 g/mol. The zero-order chi connectivity index (χ0) is 8.69. The molecule has 0 aliphatic heterocycles. The summed E-state index contributed by atoms with van der Waals surface area (Å²) in [6.45, 7) is 2.60. The third-order valence-corrected chi connectivity index (χ3v) is 1.27. The largest absolute Gasteiger partial charge is 0.359 e. The number of nitrogens with zero attached hydrogens (tertiary/aromatic N) is 1. The van der Waals surface area contributed by atoms with Crippen molar-refractivity contribution in [3.8, 4) is 6.07 Å². The fourth-order valence-corrected chi connectivity index (χ4v) is 0.697. The van der Waals surface area contributed by atoms with E-state index in [0.717, 1.165) is 0 Å². The van der Waals surface area contributed by atoms with Crippen molar-refractivity contribution in [2.24, 2.45) is 0 Å². The van der Waals surface area contributed by atoms with Crippen LogP contribution in [0.15, 0.2) is 0 Å². The molecule has 0 aromatic heterocycles. The van der Waals surface area contributed by atoms with Crippen LogP contribution in [0.25, 0.3) is 0 Å². The van der Waals surface area contributed by atoms with Crippen molar-refractivity contribution in [1.29, 1.82) is 5.26 Å². The highest BCUT2D eigenvalue weighted by Crippen LogP contribution is 1.88. The minimum absolute atomic E-state index is 0.113. The molecule has 0 heterocycles. The third kappa shape index (κ3) is 4.34. The van der Waals surface area contributed by atoms with Gasteiger partial charge >= 0.3 is 0 Å². The van der Waals surface area contributed by atoms with Gasteiger partial charge in [0.1, 0.15) is 6.04 Å². The van der Waals surface area contributed by atoms with Gasteiger partial charge in [-0.15, -0.1) is 0 Å². The maximum atomic E-state index is 10.8. The maximum absolute atomic E-state index is 10.8. The van der Waals surface area contributed by atoms with Gasteiger partial charge in [-0.3, -0.25) is 4.79 Å². The molecule has 0 rings (SSSR count). The van der Waals surface area contributed by atoms with E-state index in [-0.39, 0.29) is 18.4 Å². The van der Waals surface area contributed by atoms with Gasteiger partial charge in [0, 0.05) is 7.05 Å². The Kier molecular flexibility index (Phi) is 5.13. The lowest BCUT2D eigenvalue weighted by molar-refractivity contribution is -0.120. The number of hydrogen-bond donors (Lipinski definition) is 2. The molecule has 0 bridgehead atoms. The Balaban J connectivity index is 3.70. The topological polar surface area (TPSA) is 64.9 Å². The van der Waals surface area contributed by atoms with Gasteiger partial charge in [0.15, 0.2) is 0 Å². The molecule has 1 unspecified atom stereocenters. The number of carbonyl (C=O) groups excluding carboxylic acids is 1. The maximum Gasteiger partial charge on any atom is 0.222 e. The zero-order valence-electron chi connectivity index (χ0n) is 6.85. The summed E-state index contributed by atoms with van der Waals surface area (Å²) in [6, 6.07) is 1.64. The smallest absolute Gasteiger partial charge is 0.222 e.